The summed E-state index contributed by atoms with van der Waals surface area (Å²) in [5.74, 6) is 0.817. The Labute approximate surface area is 94.3 Å². The average molecular weight is 214 g/mol. The number of hydrogen-bond donors (Lipinski definition) is 1. The minimum atomic E-state index is -0.486. The van der Waals surface area contributed by atoms with Crippen molar-refractivity contribution in [2.45, 2.75) is 19.4 Å². The zero-order chi connectivity index (χ0) is 11.9. The van der Waals surface area contributed by atoms with Crippen LogP contribution in [0.5, 0.6) is 0 Å². The predicted molar refractivity (Wildman–Crippen MR) is 62.6 cm³/mol. The zero-order valence-electron chi connectivity index (χ0n) is 9.65. The van der Waals surface area contributed by atoms with E-state index in [0.717, 1.165) is 16.9 Å². The molecule has 2 rings (SSSR count). The van der Waals surface area contributed by atoms with E-state index in [4.69, 9.17) is 11.0 Å². The Morgan fingerprint density at radius 2 is 2.12 bits per heavy atom. The predicted octanol–water partition coefficient (Wildman–Crippen LogP) is 1.64. The van der Waals surface area contributed by atoms with Gasteiger partial charge in [-0.3, -0.25) is 0 Å². The molecule has 0 atom stereocenters. The number of aromatic nitrogens is 2. The van der Waals surface area contributed by atoms with Crippen LogP contribution in [0.15, 0.2) is 18.2 Å². The molecule has 4 nitrogen and oxygen atoms in total. The summed E-state index contributed by atoms with van der Waals surface area (Å²) in [7, 11) is 1.94. The molecule has 0 radical (unpaired) electrons. The maximum atomic E-state index is 8.82. The van der Waals surface area contributed by atoms with Crippen molar-refractivity contribution in [1.29, 1.82) is 5.26 Å². The molecule has 0 spiro atoms. The van der Waals surface area contributed by atoms with E-state index < -0.39 is 5.54 Å². The van der Waals surface area contributed by atoms with Crippen molar-refractivity contribution in [1.82, 2.24) is 9.55 Å². The van der Waals surface area contributed by atoms with Crippen LogP contribution in [-0.2, 0) is 12.6 Å². The molecule has 4 heteroatoms. The van der Waals surface area contributed by atoms with Gasteiger partial charge in [-0.25, -0.2) is 4.98 Å². The molecule has 1 heterocycles. The van der Waals surface area contributed by atoms with Gasteiger partial charge < -0.3 is 10.3 Å². The number of aryl methyl sites for hydroxylation is 1. The second-order valence-corrected chi connectivity index (χ2v) is 4.53. The molecule has 2 N–H and O–H groups in total. The third kappa shape index (κ3) is 1.55. The Hall–Kier alpha value is -1.86. The third-order valence-corrected chi connectivity index (χ3v) is 2.59. The van der Waals surface area contributed by atoms with Gasteiger partial charge in [0, 0.05) is 7.05 Å². The van der Waals surface area contributed by atoms with E-state index in [1.54, 1.807) is 12.1 Å². The third-order valence-electron chi connectivity index (χ3n) is 2.59. The quantitative estimate of drug-likeness (QED) is 0.784. The topological polar surface area (TPSA) is 67.6 Å². The fraction of sp³-hybridized carbons (Fsp3) is 0.333. The van der Waals surface area contributed by atoms with E-state index in [9.17, 15) is 0 Å². The van der Waals surface area contributed by atoms with Gasteiger partial charge in [-0.15, -0.1) is 0 Å². The van der Waals surface area contributed by atoms with Crippen LogP contribution in [0.25, 0.3) is 11.0 Å². The average Bonchev–Trinajstić information content (AvgIpc) is 2.55. The number of fused-ring (bicyclic) bond motifs is 1. The molecule has 16 heavy (non-hydrogen) atoms. The summed E-state index contributed by atoms with van der Waals surface area (Å²) in [6.45, 7) is 3.83. The number of rotatable bonds is 1. The van der Waals surface area contributed by atoms with Crippen molar-refractivity contribution in [3.05, 3.63) is 29.6 Å². The SMILES string of the molecule is Cn1c(C(C)(C)N)nc2cc(C#N)ccc21. The second-order valence-electron chi connectivity index (χ2n) is 4.53. The first-order valence-corrected chi connectivity index (χ1v) is 5.09. The van der Waals surface area contributed by atoms with Gasteiger partial charge in [0.15, 0.2) is 0 Å². The molecule has 1 aromatic heterocycles. The largest absolute Gasteiger partial charge is 0.330 e. The van der Waals surface area contributed by atoms with Gasteiger partial charge in [-0.05, 0) is 32.0 Å². The Bertz CT molecular complexity index is 581. The van der Waals surface area contributed by atoms with Gasteiger partial charge in [0.1, 0.15) is 5.82 Å². The molecule has 82 valence electrons. The van der Waals surface area contributed by atoms with Crippen molar-refractivity contribution in [3.8, 4) is 6.07 Å². The van der Waals surface area contributed by atoms with Gasteiger partial charge in [0.05, 0.1) is 28.2 Å². The summed E-state index contributed by atoms with van der Waals surface area (Å²) in [6, 6.07) is 7.58. The van der Waals surface area contributed by atoms with Crippen LogP contribution in [0.3, 0.4) is 0 Å². The van der Waals surface area contributed by atoms with Gasteiger partial charge in [0.25, 0.3) is 0 Å². The Morgan fingerprint density at radius 3 is 2.69 bits per heavy atom. The van der Waals surface area contributed by atoms with Crippen molar-refractivity contribution in [2.75, 3.05) is 0 Å². The standard InChI is InChI=1S/C12H14N4/c1-12(2,14)11-15-9-6-8(7-13)4-5-10(9)16(11)3/h4-6H,14H2,1-3H3. The molecule has 0 fully saturated rings. The second kappa shape index (κ2) is 3.32. The summed E-state index contributed by atoms with van der Waals surface area (Å²) in [5.41, 5.74) is 7.98. The van der Waals surface area contributed by atoms with Crippen molar-refractivity contribution < 1.29 is 0 Å². The number of nitrogens with zero attached hydrogens (tertiary/aromatic N) is 3. The number of benzene rings is 1. The molecule has 0 aliphatic carbocycles. The van der Waals surface area contributed by atoms with E-state index >= 15 is 0 Å². The number of nitrogens with two attached hydrogens (primary N) is 1. The molecule has 0 aliphatic heterocycles. The highest BCUT2D eigenvalue weighted by atomic mass is 15.1. The van der Waals surface area contributed by atoms with Crippen molar-refractivity contribution in [3.63, 3.8) is 0 Å². The number of imidazole rings is 1. The summed E-state index contributed by atoms with van der Waals surface area (Å²) in [6.07, 6.45) is 0. The van der Waals surface area contributed by atoms with Gasteiger partial charge in [0.2, 0.25) is 0 Å². The zero-order valence-corrected chi connectivity index (χ0v) is 9.65. The van der Waals surface area contributed by atoms with Crippen LogP contribution in [-0.4, -0.2) is 9.55 Å². The van der Waals surface area contributed by atoms with Gasteiger partial charge in [-0.1, -0.05) is 0 Å². The van der Waals surface area contributed by atoms with E-state index in [2.05, 4.69) is 11.1 Å². The lowest BCUT2D eigenvalue weighted by Gasteiger charge is -2.17. The van der Waals surface area contributed by atoms with Gasteiger partial charge in [-0.2, -0.15) is 5.26 Å². The molecule has 0 bridgehead atoms. The molecule has 2 aromatic rings. The molecule has 0 aliphatic rings. The van der Waals surface area contributed by atoms with Crippen molar-refractivity contribution in [2.24, 2.45) is 12.8 Å². The molecular weight excluding hydrogens is 200 g/mol. The summed E-state index contributed by atoms with van der Waals surface area (Å²) < 4.78 is 1.97. The maximum Gasteiger partial charge on any atom is 0.129 e. The lowest BCUT2D eigenvalue weighted by molar-refractivity contribution is 0.498. The first-order valence-electron chi connectivity index (χ1n) is 5.09. The molecule has 0 saturated carbocycles. The van der Waals surface area contributed by atoms with Crippen LogP contribution in [0.1, 0.15) is 25.2 Å². The van der Waals surface area contributed by atoms with E-state index in [1.807, 2.05) is 31.5 Å². The van der Waals surface area contributed by atoms with E-state index in [0.29, 0.717) is 5.56 Å². The summed E-state index contributed by atoms with van der Waals surface area (Å²) in [5, 5.41) is 8.82. The van der Waals surface area contributed by atoms with Crippen LogP contribution in [0.4, 0.5) is 0 Å². The minimum Gasteiger partial charge on any atom is -0.330 e. The summed E-state index contributed by atoms with van der Waals surface area (Å²) >= 11 is 0. The first-order chi connectivity index (χ1) is 7.43. The minimum absolute atomic E-state index is 0.486. The normalized spacial score (nSPS) is 11.7. The highest BCUT2D eigenvalue weighted by Crippen LogP contribution is 2.22. The molecule has 1 aromatic carbocycles. The highest BCUT2D eigenvalue weighted by Gasteiger charge is 2.21. The smallest absolute Gasteiger partial charge is 0.129 e. The van der Waals surface area contributed by atoms with Crippen LogP contribution in [0.2, 0.25) is 0 Å². The Morgan fingerprint density at radius 1 is 1.44 bits per heavy atom. The van der Waals surface area contributed by atoms with Crippen LogP contribution < -0.4 is 5.73 Å². The highest BCUT2D eigenvalue weighted by molar-refractivity contribution is 5.77. The maximum absolute atomic E-state index is 8.82. The fourth-order valence-corrected chi connectivity index (χ4v) is 1.85. The van der Waals surface area contributed by atoms with Crippen LogP contribution >= 0.6 is 0 Å². The number of nitriles is 1. The van der Waals surface area contributed by atoms with E-state index in [1.165, 1.54) is 0 Å². The summed E-state index contributed by atoms with van der Waals surface area (Å²) in [4.78, 5) is 4.48. The monoisotopic (exact) mass is 214 g/mol. The van der Waals surface area contributed by atoms with Crippen LogP contribution in [0, 0.1) is 11.3 Å². The lowest BCUT2D eigenvalue weighted by atomic mass is 10.1. The van der Waals surface area contributed by atoms with Gasteiger partial charge >= 0.3 is 0 Å². The molecule has 0 unspecified atom stereocenters. The molecular formula is C12H14N4. The Balaban J connectivity index is 2.74. The number of hydrogen-bond acceptors (Lipinski definition) is 3. The molecule has 0 amide bonds. The lowest BCUT2D eigenvalue weighted by Crippen LogP contribution is -2.32. The fourth-order valence-electron chi connectivity index (χ4n) is 1.85. The first kappa shape index (κ1) is 10.7. The van der Waals surface area contributed by atoms with Crippen molar-refractivity contribution >= 4 is 11.0 Å². The Kier molecular flexibility index (Phi) is 2.21. The van der Waals surface area contributed by atoms with E-state index in [-0.39, 0.29) is 0 Å². The molecule has 0 saturated heterocycles.